The molecule has 0 saturated carbocycles. The van der Waals surface area contributed by atoms with E-state index < -0.39 is 0 Å². The molecule has 2 aromatic heterocycles. The normalized spacial score (nSPS) is 17.8. The lowest BCUT2D eigenvalue weighted by molar-refractivity contribution is 0.0341. The van der Waals surface area contributed by atoms with E-state index in [9.17, 15) is 9.90 Å². The third-order valence-electron chi connectivity index (χ3n) is 5.49. The summed E-state index contributed by atoms with van der Waals surface area (Å²) in [6.07, 6.45) is 2.74. The Bertz CT molecular complexity index is 733. The van der Waals surface area contributed by atoms with Crippen LogP contribution in [0, 0.1) is 5.41 Å². The minimum absolute atomic E-state index is 0.00563. The van der Waals surface area contributed by atoms with Crippen LogP contribution in [0.1, 0.15) is 61.3 Å². The Kier molecular flexibility index (Phi) is 4.71. The van der Waals surface area contributed by atoms with Crippen LogP contribution in [-0.2, 0) is 7.05 Å². The number of thiophene rings is 1. The van der Waals surface area contributed by atoms with E-state index in [2.05, 4.69) is 25.9 Å². The van der Waals surface area contributed by atoms with Crippen molar-refractivity contribution in [3.63, 3.8) is 0 Å². The third kappa shape index (κ3) is 2.86. The molecule has 1 aliphatic heterocycles. The van der Waals surface area contributed by atoms with Crippen molar-refractivity contribution in [3.8, 4) is 0 Å². The van der Waals surface area contributed by atoms with E-state index in [-0.39, 0.29) is 17.9 Å². The number of carbonyl (C=O) groups is 1. The molecule has 3 heterocycles. The smallest absolute Gasteiger partial charge is 0.264 e. The summed E-state index contributed by atoms with van der Waals surface area (Å²) in [6, 6.07) is 2.01. The first kappa shape index (κ1) is 17.4. The lowest BCUT2D eigenvalue weighted by Gasteiger charge is -2.40. The predicted molar refractivity (Wildman–Crippen MR) is 97.6 cm³/mol. The van der Waals surface area contributed by atoms with Gasteiger partial charge in [0.15, 0.2) is 0 Å². The maximum atomic E-state index is 12.9. The molecule has 0 spiro atoms. The molecule has 1 fully saturated rings. The van der Waals surface area contributed by atoms with Gasteiger partial charge in [-0.2, -0.15) is 5.10 Å². The average Bonchev–Trinajstić information content (AvgIpc) is 3.15. The van der Waals surface area contributed by atoms with Crippen molar-refractivity contribution in [2.75, 3.05) is 19.7 Å². The van der Waals surface area contributed by atoms with Gasteiger partial charge in [-0.15, -0.1) is 11.3 Å². The fourth-order valence-corrected chi connectivity index (χ4v) is 4.61. The van der Waals surface area contributed by atoms with Gasteiger partial charge in [0.05, 0.1) is 10.6 Å². The van der Waals surface area contributed by atoms with Crippen LogP contribution in [0.15, 0.2) is 6.07 Å². The molecule has 24 heavy (non-hydrogen) atoms. The van der Waals surface area contributed by atoms with Crippen LogP contribution in [0.3, 0.4) is 0 Å². The summed E-state index contributed by atoms with van der Waals surface area (Å²) in [7, 11) is 1.94. The molecule has 0 bridgehead atoms. The molecular weight excluding hydrogens is 322 g/mol. The first-order valence-electron chi connectivity index (χ1n) is 8.77. The van der Waals surface area contributed by atoms with E-state index in [1.807, 2.05) is 22.7 Å². The summed E-state index contributed by atoms with van der Waals surface area (Å²) < 4.78 is 1.89. The molecule has 0 radical (unpaired) electrons. The number of carbonyl (C=O) groups excluding carboxylic acids is 1. The van der Waals surface area contributed by atoms with Gasteiger partial charge in [-0.1, -0.05) is 20.8 Å². The van der Waals surface area contributed by atoms with Crippen molar-refractivity contribution < 1.29 is 9.90 Å². The zero-order chi connectivity index (χ0) is 17.5. The van der Waals surface area contributed by atoms with Crippen molar-refractivity contribution in [1.82, 2.24) is 14.7 Å². The third-order valence-corrected chi connectivity index (χ3v) is 6.68. The Hall–Kier alpha value is -1.40. The number of piperidine rings is 1. The molecule has 0 aromatic carbocycles. The molecule has 2 aromatic rings. The standard InChI is InChI=1S/C18H27N3O2S/c1-5-18(11-22)6-8-21(9-7-18)16(23)14-10-13-15(12(2)3)19-20(4)17(13)24-14/h10,12,22H,5-9,11H2,1-4H3. The average molecular weight is 350 g/mol. The van der Waals surface area contributed by atoms with Crippen molar-refractivity contribution in [2.45, 2.75) is 46.0 Å². The number of likely N-dealkylation sites (tertiary alicyclic amines) is 1. The lowest BCUT2D eigenvalue weighted by atomic mass is 9.77. The van der Waals surface area contributed by atoms with E-state index in [1.165, 1.54) is 11.3 Å². The Morgan fingerprint density at radius 3 is 2.62 bits per heavy atom. The number of nitrogens with zero attached hydrogens (tertiary/aromatic N) is 3. The zero-order valence-corrected chi connectivity index (χ0v) is 15.8. The van der Waals surface area contributed by atoms with E-state index >= 15 is 0 Å². The number of aliphatic hydroxyl groups excluding tert-OH is 1. The van der Waals surface area contributed by atoms with Crippen molar-refractivity contribution >= 4 is 27.5 Å². The molecule has 1 N–H and O–H groups in total. The Morgan fingerprint density at radius 1 is 1.42 bits per heavy atom. The minimum Gasteiger partial charge on any atom is -0.396 e. The maximum Gasteiger partial charge on any atom is 0.264 e. The highest BCUT2D eigenvalue weighted by Gasteiger charge is 2.34. The minimum atomic E-state index is 0.00563. The van der Waals surface area contributed by atoms with E-state index in [1.54, 1.807) is 0 Å². The van der Waals surface area contributed by atoms with Crippen LogP contribution in [0.25, 0.3) is 10.2 Å². The summed E-state index contributed by atoms with van der Waals surface area (Å²) in [4.78, 5) is 16.7. The summed E-state index contributed by atoms with van der Waals surface area (Å²) in [5.74, 6) is 0.463. The van der Waals surface area contributed by atoms with Gasteiger partial charge in [-0.25, -0.2) is 0 Å². The van der Waals surface area contributed by atoms with Gasteiger partial charge in [0.2, 0.25) is 0 Å². The summed E-state index contributed by atoms with van der Waals surface area (Å²) in [5.41, 5.74) is 1.07. The Balaban J connectivity index is 1.81. The molecule has 0 unspecified atom stereocenters. The fourth-order valence-electron chi connectivity index (χ4n) is 3.56. The molecule has 132 valence electrons. The quantitative estimate of drug-likeness (QED) is 0.920. The summed E-state index contributed by atoms with van der Waals surface area (Å²) >= 11 is 1.54. The molecule has 6 heteroatoms. The molecule has 1 saturated heterocycles. The highest BCUT2D eigenvalue weighted by Crippen LogP contribution is 2.36. The van der Waals surface area contributed by atoms with Gasteiger partial charge in [0.1, 0.15) is 4.83 Å². The SMILES string of the molecule is CCC1(CO)CCN(C(=O)c2cc3c(C(C)C)nn(C)c3s2)CC1. The lowest BCUT2D eigenvalue weighted by Crippen LogP contribution is -2.44. The fraction of sp³-hybridized carbons (Fsp3) is 0.667. The van der Waals surface area contributed by atoms with Crippen LogP contribution in [0.4, 0.5) is 0 Å². The maximum absolute atomic E-state index is 12.9. The number of amides is 1. The van der Waals surface area contributed by atoms with Crippen LogP contribution < -0.4 is 0 Å². The number of hydrogen-bond donors (Lipinski definition) is 1. The second kappa shape index (κ2) is 6.48. The number of fused-ring (bicyclic) bond motifs is 1. The second-order valence-corrected chi connectivity index (χ2v) is 8.33. The number of rotatable bonds is 4. The van der Waals surface area contributed by atoms with E-state index in [0.717, 1.165) is 53.1 Å². The summed E-state index contributed by atoms with van der Waals surface area (Å²) in [5, 5.41) is 15.3. The predicted octanol–water partition coefficient (Wildman–Crippen LogP) is 3.38. The molecule has 5 nitrogen and oxygen atoms in total. The van der Waals surface area contributed by atoms with Gasteiger partial charge >= 0.3 is 0 Å². The van der Waals surface area contributed by atoms with Gasteiger partial charge in [0, 0.05) is 32.1 Å². The highest BCUT2D eigenvalue weighted by atomic mass is 32.1. The number of aryl methyl sites for hydroxylation is 1. The first-order valence-corrected chi connectivity index (χ1v) is 9.59. The monoisotopic (exact) mass is 349 g/mol. The van der Waals surface area contributed by atoms with Crippen LogP contribution in [0.5, 0.6) is 0 Å². The molecule has 0 aliphatic carbocycles. The highest BCUT2D eigenvalue weighted by molar-refractivity contribution is 7.20. The molecule has 1 aliphatic rings. The zero-order valence-electron chi connectivity index (χ0n) is 15.0. The van der Waals surface area contributed by atoms with Crippen molar-refractivity contribution in [3.05, 3.63) is 16.6 Å². The first-order chi connectivity index (χ1) is 11.4. The van der Waals surface area contributed by atoms with Crippen LogP contribution >= 0.6 is 11.3 Å². The number of aliphatic hydroxyl groups is 1. The molecule has 1 amide bonds. The van der Waals surface area contributed by atoms with Crippen LogP contribution in [0.2, 0.25) is 0 Å². The number of hydrogen-bond acceptors (Lipinski definition) is 4. The largest absolute Gasteiger partial charge is 0.396 e. The summed E-state index contributed by atoms with van der Waals surface area (Å²) in [6.45, 7) is 8.07. The van der Waals surface area contributed by atoms with Gasteiger partial charge in [-0.05, 0) is 36.7 Å². The van der Waals surface area contributed by atoms with Crippen LogP contribution in [-0.4, -0.2) is 45.4 Å². The van der Waals surface area contributed by atoms with E-state index in [4.69, 9.17) is 0 Å². The van der Waals surface area contributed by atoms with Crippen molar-refractivity contribution in [2.24, 2.45) is 12.5 Å². The van der Waals surface area contributed by atoms with Gasteiger partial charge < -0.3 is 10.0 Å². The number of aromatic nitrogens is 2. The molecule has 0 atom stereocenters. The Labute approximate surface area is 147 Å². The molecular formula is C18H27N3O2S. The van der Waals surface area contributed by atoms with Gasteiger partial charge in [0.25, 0.3) is 5.91 Å². The van der Waals surface area contributed by atoms with E-state index in [0.29, 0.717) is 5.92 Å². The van der Waals surface area contributed by atoms with Crippen molar-refractivity contribution in [1.29, 1.82) is 0 Å². The topological polar surface area (TPSA) is 58.4 Å². The Morgan fingerprint density at radius 2 is 2.08 bits per heavy atom. The second-order valence-electron chi connectivity index (χ2n) is 7.30. The molecule has 3 rings (SSSR count). The van der Waals surface area contributed by atoms with Gasteiger partial charge in [-0.3, -0.25) is 9.48 Å².